The molecule has 2 bridgehead atoms. The molecule has 0 radical (unpaired) electrons. The lowest BCUT2D eigenvalue weighted by Crippen LogP contribution is -2.59. The largest absolute Gasteiger partial charge is 0.288 e. The number of amides is 2. The summed E-state index contributed by atoms with van der Waals surface area (Å²) in [6.45, 7) is 5.98. The van der Waals surface area contributed by atoms with E-state index >= 15 is 0 Å². The number of ketones is 1. The minimum atomic E-state index is -0.631. The molecule has 2 heterocycles. The molecule has 2 amide bonds. The van der Waals surface area contributed by atoms with Crippen molar-refractivity contribution in [3.63, 3.8) is 0 Å². The molecule has 1 aromatic heterocycles. The first-order valence-electron chi connectivity index (χ1n) is 10.8. The molecular formula is C26H24N2O3S. The highest BCUT2D eigenvalue weighted by Gasteiger charge is 2.65. The fraction of sp³-hybridized carbons (Fsp3) is 0.308. The first-order chi connectivity index (χ1) is 15.3. The Bertz CT molecular complexity index is 1230. The van der Waals surface area contributed by atoms with Gasteiger partial charge in [0.1, 0.15) is 4.88 Å². The third-order valence-corrected chi connectivity index (χ3v) is 8.56. The van der Waals surface area contributed by atoms with Crippen molar-refractivity contribution in [2.75, 3.05) is 4.90 Å². The predicted octanol–water partition coefficient (Wildman–Crippen LogP) is 5.36. The summed E-state index contributed by atoms with van der Waals surface area (Å²) in [5.41, 5.74) is 0.792. The number of fused-ring (bicyclic) bond motifs is 2. The molecule has 5 rings (SSSR count). The lowest BCUT2D eigenvalue weighted by Gasteiger charge is -2.46. The Balaban J connectivity index is 1.65. The van der Waals surface area contributed by atoms with Crippen LogP contribution in [-0.2, 0) is 9.59 Å². The van der Waals surface area contributed by atoms with Crippen molar-refractivity contribution in [3.8, 4) is 11.3 Å². The summed E-state index contributed by atoms with van der Waals surface area (Å²) in [7, 11) is 0. The van der Waals surface area contributed by atoms with E-state index in [1.54, 1.807) is 12.1 Å². The fourth-order valence-electron chi connectivity index (χ4n) is 5.07. The number of carbonyl (C=O) groups is 3. The maximum atomic E-state index is 13.6. The van der Waals surface area contributed by atoms with Crippen LogP contribution in [0.2, 0.25) is 0 Å². The van der Waals surface area contributed by atoms with E-state index in [-0.39, 0.29) is 28.6 Å². The average molecular weight is 445 g/mol. The van der Waals surface area contributed by atoms with E-state index in [4.69, 9.17) is 4.98 Å². The van der Waals surface area contributed by atoms with Crippen molar-refractivity contribution >= 4 is 34.1 Å². The number of aromatic nitrogens is 1. The highest BCUT2D eigenvalue weighted by atomic mass is 32.1. The third-order valence-electron chi connectivity index (χ3n) is 7.52. The highest BCUT2D eigenvalue weighted by Crippen LogP contribution is 2.60. The van der Waals surface area contributed by atoms with Crippen LogP contribution >= 0.6 is 11.3 Å². The van der Waals surface area contributed by atoms with E-state index in [1.807, 2.05) is 69.3 Å². The summed E-state index contributed by atoms with van der Waals surface area (Å²) in [5.74, 6) is -0.822. The Morgan fingerprint density at radius 1 is 1.00 bits per heavy atom. The van der Waals surface area contributed by atoms with Crippen LogP contribution in [0.3, 0.4) is 0 Å². The predicted molar refractivity (Wildman–Crippen MR) is 125 cm³/mol. The Labute approximate surface area is 191 Å². The van der Waals surface area contributed by atoms with Gasteiger partial charge in [-0.2, -0.15) is 0 Å². The average Bonchev–Trinajstić information content (AvgIpc) is 3.30. The van der Waals surface area contributed by atoms with Gasteiger partial charge in [-0.3, -0.25) is 14.4 Å². The molecule has 162 valence electrons. The van der Waals surface area contributed by atoms with Crippen LogP contribution in [0.1, 0.15) is 48.8 Å². The molecule has 3 aromatic rings. The summed E-state index contributed by atoms with van der Waals surface area (Å²) in [4.78, 5) is 46.8. The van der Waals surface area contributed by atoms with Crippen LogP contribution in [0.4, 0.5) is 5.13 Å². The molecule has 2 aromatic carbocycles. The van der Waals surface area contributed by atoms with E-state index < -0.39 is 10.8 Å². The lowest BCUT2D eigenvalue weighted by molar-refractivity contribution is -0.146. The number of anilines is 1. The van der Waals surface area contributed by atoms with Crippen molar-refractivity contribution in [2.24, 2.45) is 16.7 Å². The Hall–Kier alpha value is -3.12. The van der Waals surface area contributed by atoms with Crippen LogP contribution in [-0.4, -0.2) is 22.6 Å². The van der Waals surface area contributed by atoms with Gasteiger partial charge in [-0.1, -0.05) is 92.8 Å². The molecular weight excluding hydrogens is 420 g/mol. The molecule has 1 saturated carbocycles. The van der Waals surface area contributed by atoms with E-state index in [9.17, 15) is 14.4 Å². The maximum Gasteiger partial charge on any atom is 0.242 e. The number of rotatable bonds is 4. The van der Waals surface area contributed by atoms with Crippen molar-refractivity contribution in [1.82, 2.24) is 4.98 Å². The Morgan fingerprint density at radius 3 is 2.28 bits per heavy atom. The van der Waals surface area contributed by atoms with Gasteiger partial charge in [-0.15, -0.1) is 0 Å². The monoisotopic (exact) mass is 444 g/mol. The number of nitrogens with zero attached hydrogens (tertiary/aromatic N) is 2. The topological polar surface area (TPSA) is 67.3 Å². The van der Waals surface area contributed by atoms with Gasteiger partial charge < -0.3 is 0 Å². The highest BCUT2D eigenvalue weighted by molar-refractivity contribution is 7.18. The van der Waals surface area contributed by atoms with E-state index in [0.717, 1.165) is 16.9 Å². The van der Waals surface area contributed by atoms with E-state index in [2.05, 4.69) is 0 Å². The molecule has 5 nitrogen and oxygen atoms in total. The molecule has 2 fully saturated rings. The molecule has 6 heteroatoms. The van der Waals surface area contributed by atoms with Crippen molar-refractivity contribution in [2.45, 2.75) is 33.6 Å². The van der Waals surface area contributed by atoms with Gasteiger partial charge in [0.2, 0.25) is 17.6 Å². The minimum Gasteiger partial charge on any atom is -0.288 e. The molecule has 1 saturated heterocycles. The zero-order valence-electron chi connectivity index (χ0n) is 18.3. The smallest absolute Gasteiger partial charge is 0.242 e. The number of imide groups is 1. The Kier molecular flexibility index (Phi) is 4.67. The SMILES string of the molecule is CC1(C)[C@@H]2CC[C@@]1(C)C(=O)N(c1nc(-c3ccccc3)c(C(=O)c3ccccc3)s1)C2=O. The standard InChI is InChI=1S/C26H24N2O3S/c1-25(2)18-14-15-26(25,3)23(31)28(22(18)30)24-27-19(16-10-6-4-7-11-16)21(32-24)20(29)17-12-8-5-9-13-17/h4-13,18H,14-15H2,1-3H3/t18-,26+/m1/s1. The van der Waals surface area contributed by atoms with Crippen LogP contribution in [0.25, 0.3) is 11.3 Å². The zero-order chi connectivity index (χ0) is 22.7. The van der Waals surface area contributed by atoms with Gasteiger partial charge in [-0.05, 0) is 18.3 Å². The molecule has 2 atom stereocenters. The molecule has 32 heavy (non-hydrogen) atoms. The summed E-state index contributed by atoms with van der Waals surface area (Å²) < 4.78 is 0. The minimum absolute atomic E-state index is 0.167. The first-order valence-corrected chi connectivity index (χ1v) is 11.6. The normalized spacial score (nSPS) is 24.1. The molecule has 0 N–H and O–H groups in total. The second-order valence-electron chi connectivity index (χ2n) is 9.36. The number of thiazole rings is 1. The summed E-state index contributed by atoms with van der Waals surface area (Å²) in [5, 5.41) is 0.284. The number of benzene rings is 2. The molecule has 0 spiro atoms. The molecule has 0 unspecified atom stereocenters. The molecule has 1 aliphatic heterocycles. The van der Waals surface area contributed by atoms with Gasteiger partial charge in [0.25, 0.3) is 0 Å². The van der Waals surface area contributed by atoms with Crippen molar-refractivity contribution in [1.29, 1.82) is 0 Å². The third kappa shape index (κ3) is 2.82. The number of piperidine rings is 1. The number of carbonyl (C=O) groups excluding carboxylic acids is 3. The molecule has 2 aliphatic rings. The number of hydrogen-bond acceptors (Lipinski definition) is 5. The number of hydrogen-bond donors (Lipinski definition) is 0. The quantitative estimate of drug-likeness (QED) is 0.401. The van der Waals surface area contributed by atoms with Crippen LogP contribution in [0.5, 0.6) is 0 Å². The fourth-order valence-corrected chi connectivity index (χ4v) is 6.12. The van der Waals surface area contributed by atoms with Gasteiger partial charge in [0.15, 0.2) is 5.13 Å². The molecule has 1 aliphatic carbocycles. The zero-order valence-corrected chi connectivity index (χ0v) is 19.1. The second kappa shape index (κ2) is 7.20. The summed E-state index contributed by atoms with van der Waals surface area (Å²) in [6.07, 6.45) is 1.37. The lowest BCUT2D eigenvalue weighted by atomic mass is 9.62. The Morgan fingerprint density at radius 2 is 1.62 bits per heavy atom. The second-order valence-corrected chi connectivity index (χ2v) is 10.3. The van der Waals surface area contributed by atoms with E-state index in [0.29, 0.717) is 29.0 Å². The van der Waals surface area contributed by atoms with Gasteiger partial charge >= 0.3 is 0 Å². The van der Waals surface area contributed by atoms with Gasteiger partial charge in [0, 0.05) is 17.0 Å². The van der Waals surface area contributed by atoms with Gasteiger partial charge in [0.05, 0.1) is 11.1 Å². The van der Waals surface area contributed by atoms with Crippen LogP contribution in [0.15, 0.2) is 60.7 Å². The van der Waals surface area contributed by atoms with Gasteiger partial charge in [-0.25, -0.2) is 9.88 Å². The summed E-state index contributed by atoms with van der Waals surface area (Å²) in [6, 6.07) is 18.4. The maximum absolute atomic E-state index is 13.6. The van der Waals surface area contributed by atoms with Crippen molar-refractivity contribution in [3.05, 3.63) is 71.1 Å². The first kappa shape index (κ1) is 20.8. The van der Waals surface area contributed by atoms with E-state index in [1.165, 1.54) is 4.90 Å². The summed E-state index contributed by atoms with van der Waals surface area (Å²) >= 11 is 1.13. The van der Waals surface area contributed by atoms with Crippen LogP contribution < -0.4 is 4.90 Å². The van der Waals surface area contributed by atoms with Crippen LogP contribution in [0, 0.1) is 16.7 Å². The van der Waals surface area contributed by atoms with Crippen molar-refractivity contribution < 1.29 is 14.4 Å².